The maximum absolute atomic E-state index is 10.2. The van der Waals surface area contributed by atoms with Gasteiger partial charge in [0.15, 0.2) is 0 Å². The molecular weight excluding hydrogens is 144 g/mol. The van der Waals surface area contributed by atoms with Gasteiger partial charge in [-0.2, -0.15) is 0 Å². The molecular formula is C8H10O3. The molecule has 0 aromatic carbocycles. The Morgan fingerprint density at radius 2 is 2.36 bits per heavy atom. The van der Waals surface area contributed by atoms with Crippen LogP contribution in [0.1, 0.15) is 13.3 Å². The average molecular weight is 154 g/mol. The molecule has 0 aliphatic heterocycles. The minimum absolute atomic E-state index is 0.142. The van der Waals surface area contributed by atoms with Crippen molar-refractivity contribution in [2.24, 2.45) is 0 Å². The van der Waals surface area contributed by atoms with Crippen molar-refractivity contribution in [1.82, 2.24) is 0 Å². The predicted octanol–water partition coefficient (Wildman–Crippen LogP) is 1.01. The Morgan fingerprint density at radius 3 is 2.82 bits per heavy atom. The van der Waals surface area contributed by atoms with E-state index in [-0.39, 0.29) is 12.2 Å². The lowest BCUT2D eigenvalue weighted by Gasteiger charge is -1.96. The lowest BCUT2D eigenvalue weighted by Crippen LogP contribution is -2.01. The summed E-state index contributed by atoms with van der Waals surface area (Å²) in [5, 5.41) is 8.35. The smallest absolute Gasteiger partial charge is 0.331 e. The molecule has 0 radical (unpaired) electrons. The van der Waals surface area contributed by atoms with E-state index in [9.17, 15) is 4.79 Å². The third kappa shape index (κ3) is 5.04. The van der Waals surface area contributed by atoms with Crippen LogP contribution in [0.5, 0.6) is 0 Å². The van der Waals surface area contributed by atoms with Crippen molar-refractivity contribution in [1.29, 1.82) is 0 Å². The van der Waals surface area contributed by atoms with E-state index in [2.05, 4.69) is 18.6 Å². The predicted molar refractivity (Wildman–Crippen MR) is 40.8 cm³/mol. The van der Waals surface area contributed by atoms with E-state index < -0.39 is 5.97 Å². The molecule has 0 spiro atoms. The second-order valence-electron chi connectivity index (χ2n) is 1.86. The van der Waals surface area contributed by atoms with Gasteiger partial charge in [0.05, 0.1) is 0 Å². The quantitative estimate of drug-likeness (QED) is 0.373. The first-order chi connectivity index (χ1) is 5.18. The molecule has 0 unspecified atom stereocenters. The summed E-state index contributed by atoms with van der Waals surface area (Å²) in [6.07, 6.45) is 2.67. The number of ether oxygens (including phenoxy) is 1. The van der Waals surface area contributed by atoms with Gasteiger partial charge in [0.1, 0.15) is 12.7 Å². The number of hydrogen-bond donors (Lipinski definition) is 1. The lowest BCUT2D eigenvalue weighted by atomic mass is 10.2. The van der Waals surface area contributed by atoms with Gasteiger partial charge in [0.2, 0.25) is 0 Å². The normalized spacial score (nSPS) is 7.73. The molecule has 0 fully saturated rings. The van der Waals surface area contributed by atoms with Crippen molar-refractivity contribution < 1.29 is 14.6 Å². The van der Waals surface area contributed by atoms with E-state index in [4.69, 9.17) is 9.84 Å². The van der Waals surface area contributed by atoms with Crippen LogP contribution < -0.4 is 0 Å². The first-order valence-electron chi connectivity index (χ1n) is 3.13. The topological polar surface area (TPSA) is 46.5 Å². The van der Waals surface area contributed by atoms with Crippen LogP contribution in [-0.2, 0) is 9.53 Å². The maximum Gasteiger partial charge on any atom is 0.331 e. The molecule has 3 heteroatoms. The van der Waals surface area contributed by atoms with Crippen molar-refractivity contribution in [2.75, 3.05) is 6.61 Å². The van der Waals surface area contributed by atoms with Crippen molar-refractivity contribution in [3.8, 4) is 12.0 Å². The molecule has 0 saturated heterocycles. The van der Waals surface area contributed by atoms with Crippen LogP contribution in [0.4, 0.5) is 0 Å². The average Bonchev–Trinajstić information content (AvgIpc) is 1.97. The zero-order chi connectivity index (χ0) is 8.69. The summed E-state index contributed by atoms with van der Waals surface area (Å²) in [7, 11) is 0. The fourth-order valence-electron chi connectivity index (χ4n) is 0.404. The highest BCUT2D eigenvalue weighted by Gasteiger charge is 2.01. The Morgan fingerprint density at radius 1 is 1.73 bits per heavy atom. The fraction of sp³-hybridized carbons (Fsp3) is 0.375. The van der Waals surface area contributed by atoms with Gasteiger partial charge in [0, 0.05) is 18.9 Å². The molecule has 0 heterocycles. The van der Waals surface area contributed by atoms with Gasteiger partial charge in [-0.15, -0.1) is 0 Å². The monoisotopic (exact) mass is 154 g/mol. The fourth-order valence-corrected chi connectivity index (χ4v) is 0.404. The Balaban J connectivity index is 3.45. The van der Waals surface area contributed by atoms with Crippen LogP contribution in [0, 0.1) is 12.0 Å². The minimum atomic E-state index is -0.988. The molecule has 0 aliphatic rings. The Bertz CT molecular complexity index is 207. The van der Waals surface area contributed by atoms with Gasteiger partial charge in [-0.1, -0.05) is 12.5 Å². The molecule has 0 bridgehead atoms. The Hall–Kier alpha value is -1.43. The summed E-state index contributed by atoms with van der Waals surface area (Å²) in [6.45, 7) is 5.25. The summed E-state index contributed by atoms with van der Waals surface area (Å²) in [4.78, 5) is 10.2. The second-order valence-corrected chi connectivity index (χ2v) is 1.86. The number of hydrogen-bond acceptors (Lipinski definition) is 2. The number of rotatable bonds is 4. The number of aliphatic carboxylic acids is 1. The van der Waals surface area contributed by atoms with Crippen LogP contribution in [0.2, 0.25) is 0 Å². The van der Waals surface area contributed by atoms with E-state index in [0.717, 1.165) is 0 Å². The minimum Gasteiger partial charge on any atom is -0.478 e. The number of carboxylic acids is 1. The van der Waals surface area contributed by atoms with Crippen LogP contribution in [-0.4, -0.2) is 17.7 Å². The molecule has 11 heavy (non-hydrogen) atoms. The van der Waals surface area contributed by atoms with Crippen LogP contribution in [0.15, 0.2) is 12.2 Å². The summed E-state index contributed by atoms with van der Waals surface area (Å²) in [5.41, 5.74) is 0.142. The van der Waals surface area contributed by atoms with Gasteiger partial charge in [0.25, 0.3) is 0 Å². The molecule has 60 valence electrons. The van der Waals surface area contributed by atoms with Gasteiger partial charge >= 0.3 is 5.97 Å². The summed E-state index contributed by atoms with van der Waals surface area (Å²) < 4.78 is 4.72. The first kappa shape index (κ1) is 9.57. The maximum atomic E-state index is 10.2. The van der Waals surface area contributed by atoms with Gasteiger partial charge in [-0.3, -0.25) is 0 Å². The second kappa shape index (κ2) is 5.36. The number of carbonyl (C=O) groups is 1. The van der Waals surface area contributed by atoms with E-state index in [1.807, 2.05) is 0 Å². The van der Waals surface area contributed by atoms with Crippen LogP contribution in [0.3, 0.4) is 0 Å². The molecule has 0 aliphatic carbocycles. The standard InChI is InChI=1S/C8H10O3/c1-3-5-11-6-4-7(2)8(9)10/h2,4,6H2,1H3,(H,9,10). The first-order valence-corrected chi connectivity index (χ1v) is 3.13. The highest BCUT2D eigenvalue weighted by atomic mass is 16.5. The SMILES string of the molecule is C=C(CCOC#CC)C(=O)O. The van der Waals surface area contributed by atoms with E-state index >= 15 is 0 Å². The third-order valence-corrected chi connectivity index (χ3v) is 0.983. The largest absolute Gasteiger partial charge is 0.478 e. The summed E-state index contributed by atoms with van der Waals surface area (Å²) in [5.74, 6) is 1.53. The third-order valence-electron chi connectivity index (χ3n) is 0.983. The lowest BCUT2D eigenvalue weighted by molar-refractivity contribution is -0.132. The van der Waals surface area contributed by atoms with Gasteiger partial charge in [-0.25, -0.2) is 4.79 Å². The van der Waals surface area contributed by atoms with E-state index in [1.165, 1.54) is 0 Å². The molecule has 0 saturated carbocycles. The highest BCUT2D eigenvalue weighted by Crippen LogP contribution is 1.96. The summed E-state index contributed by atoms with van der Waals surface area (Å²) >= 11 is 0. The van der Waals surface area contributed by atoms with Crippen LogP contribution in [0.25, 0.3) is 0 Å². The van der Waals surface area contributed by atoms with E-state index in [1.54, 1.807) is 6.92 Å². The Labute approximate surface area is 65.7 Å². The summed E-state index contributed by atoms with van der Waals surface area (Å²) in [6, 6.07) is 0. The molecule has 0 amide bonds. The van der Waals surface area contributed by atoms with Crippen molar-refractivity contribution in [2.45, 2.75) is 13.3 Å². The van der Waals surface area contributed by atoms with Gasteiger partial charge < -0.3 is 9.84 Å². The zero-order valence-electron chi connectivity index (χ0n) is 6.39. The molecule has 0 atom stereocenters. The molecule has 0 aromatic heterocycles. The number of carboxylic acid groups (broad SMARTS) is 1. The van der Waals surface area contributed by atoms with E-state index in [0.29, 0.717) is 6.42 Å². The zero-order valence-corrected chi connectivity index (χ0v) is 6.39. The van der Waals surface area contributed by atoms with Crippen molar-refractivity contribution in [3.05, 3.63) is 12.2 Å². The Kier molecular flexibility index (Phi) is 4.67. The van der Waals surface area contributed by atoms with Crippen molar-refractivity contribution >= 4 is 5.97 Å². The van der Waals surface area contributed by atoms with Gasteiger partial charge in [-0.05, 0) is 0 Å². The van der Waals surface area contributed by atoms with Crippen molar-refractivity contribution in [3.63, 3.8) is 0 Å². The highest BCUT2D eigenvalue weighted by molar-refractivity contribution is 5.85. The molecule has 0 rings (SSSR count). The molecule has 1 N–H and O–H groups in total. The molecule has 3 nitrogen and oxygen atoms in total. The van der Waals surface area contributed by atoms with Crippen LogP contribution >= 0.6 is 0 Å². The molecule has 0 aromatic rings.